The third-order valence-corrected chi connectivity index (χ3v) is 10.8. The standard InChI is InChI=1S/C44H58N8O7/c45-22-10-7-19-36(40(53)51-39(25-28-26-48-35-18-6-5-13-29(28)35)42(55)50-38(43(56)57)21-9-12-24-47)49-41(54)37(20-8-11-23-46)52-44(58)59-27-34-32-16-3-1-14-30(32)31-15-2-4-17-33(31)34/h1-6,13-18,26,34,36-39,48H,7-12,19-25,27,45-47H2,(H,49,54)(H,50,55)(H,51,53)(H,52,58)(H,56,57)/t36-,37-,38-,39-/m0/s1. The number of carbonyl (C=O) groups excluding carboxylic acids is 4. The second-order valence-electron chi connectivity index (χ2n) is 15.0. The molecule has 0 fully saturated rings. The van der Waals surface area contributed by atoms with Gasteiger partial charge in [0, 0.05) is 29.4 Å². The molecule has 0 radical (unpaired) electrons. The van der Waals surface area contributed by atoms with Gasteiger partial charge in [-0.2, -0.15) is 0 Å². The quantitative estimate of drug-likeness (QED) is 0.0465. The van der Waals surface area contributed by atoms with Crippen LogP contribution in [0.1, 0.15) is 80.4 Å². The summed E-state index contributed by atoms with van der Waals surface area (Å²) in [6.45, 7) is 1.18. The van der Waals surface area contributed by atoms with E-state index in [0.717, 1.165) is 38.7 Å². The smallest absolute Gasteiger partial charge is 0.407 e. The van der Waals surface area contributed by atoms with E-state index >= 15 is 0 Å². The summed E-state index contributed by atoms with van der Waals surface area (Å²) in [7, 11) is 0. The Morgan fingerprint density at radius 3 is 1.66 bits per heavy atom. The van der Waals surface area contributed by atoms with Gasteiger partial charge in [0.15, 0.2) is 0 Å². The normalized spacial score (nSPS) is 14.0. The number of para-hydroxylation sites is 1. The number of unbranched alkanes of at least 4 members (excludes halogenated alkanes) is 3. The second kappa shape index (κ2) is 22.4. The molecule has 12 N–H and O–H groups in total. The molecule has 0 bridgehead atoms. The minimum absolute atomic E-state index is 0.0330. The summed E-state index contributed by atoms with van der Waals surface area (Å²) in [6.07, 6.45) is 4.82. The van der Waals surface area contributed by atoms with E-state index in [1.807, 2.05) is 72.8 Å². The second-order valence-corrected chi connectivity index (χ2v) is 15.0. The molecule has 316 valence electrons. The van der Waals surface area contributed by atoms with Crippen LogP contribution < -0.4 is 38.5 Å². The van der Waals surface area contributed by atoms with E-state index in [1.54, 1.807) is 6.20 Å². The van der Waals surface area contributed by atoms with Crippen molar-refractivity contribution in [2.24, 2.45) is 17.2 Å². The lowest BCUT2D eigenvalue weighted by atomic mass is 9.98. The first kappa shape index (κ1) is 44.3. The maximum Gasteiger partial charge on any atom is 0.407 e. The predicted octanol–water partition coefficient (Wildman–Crippen LogP) is 3.54. The van der Waals surface area contributed by atoms with E-state index in [9.17, 15) is 29.1 Å². The first-order valence-electron chi connectivity index (χ1n) is 20.6. The summed E-state index contributed by atoms with van der Waals surface area (Å²) < 4.78 is 5.75. The number of nitrogens with two attached hydrogens (primary N) is 3. The number of aromatic amines is 1. The maximum atomic E-state index is 14.2. The highest BCUT2D eigenvalue weighted by Crippen LogP contribution is 2.44. The van der Waals surface area contributed by atoms with Crippen LogP contribution in [0.25, 0.3) is 22.0 Å². The number of H-pyrrole nitrogens is 1. The number of aliphatic carboxylic acids is 1. The highest BCUT2D eigenvalue weighted by molar-refractivity contribution is 5.95. The van der Waals surface area contributed by atoms with Crippen LogP contribution in [0, 0.1) is 0 Å². The lowest BCUT2D eigenvalue weighted by Crippen LogP contribution is -2.58. The van der Waals surface area contributed by atoms with E-state index in [-0.39, 0.29) is 38.2 Å². The van der Waals surface area contributed by atoms with Gasteiger partial charge >= 0.3 is 12.1 Å². The Morgan fingerprint density at radius 1 is 0.610 bits per heavy atom. The Kier molecular flexibility index (Phi) is 16.8. The molecular formula is C44H58N8O7. The van der Waals surface area contributed by atoms with Crippen molar-refractivity contribution in [3.05, 3.63) is 95.7 Å². The van der Waals surface area contributed by atoms with Gasteiger partial charge in [0.05, 0.1) is 0 Å². The highest BCUT2D eigenvalue weighted by Gasteiger charge is 2.33. The number of carbonyl (C=O) groups is 5. The van der Waals surface area contributed by atoms with Crippen molar-refractivity contribution in [2.45, 2.75) is 94.3 Å². The van der Waals surface area contributed by atoms with E-state index in [0.29, 0.717) is 58.2 Å². The Morgan fingerprint density at radius 2 is 1.08 bits per heavy atom. The van der Waals surface area contributed by atoms with Crippen LogP contribution >= 0.6 is 0 Å². The molecule has 4 aromatic rings. The number of nitrogens with one attached hydrogen (secondary N) is 5. The fourth-order valence-electron chi connectivity index (χ4n) is 7.60. The van der Waals surface area contributed by atoms with Gasteiger partial charge in [-0.15, -0.1) is 0 Å². The summed E-state index contributed by atoms with van der Waals surface area (Å²) in [4.78, 5) is 70.7. The minimum atomic E-state index is -1.20. The fraction of sp³-hybridized carbons (Fsp3) is 0.432. The molecule has 1 aliphatic rings. The van der Waals surface area contributed by atoms with Crippen LogP contribution in [-0.2, 0) is 30.3 Å². The van der Waals surface area contributed by atoms with Crippen LogP contribution in [0.5, 0.6) is 0 Å². The molecular weight excluding hydrogens is 753 g/mol. The molecule has 3 aromatic carbocycles. The van der Waals surface area contributed by atoms with Gasteiger partial charge in [-0.3, -0.25) is 14.4 Å². The Labute approximate surface area is 344 Å². The molecule has 0 saturated carbocycles. The molecule has 1 aromatic heterocycles. The number of hydrogen-bond donors (Lipinski definition) is 9. The van der Waals surface area contributed by atoms with Crippen molar-refractivity contribution in [2.75, 3.05) is 26.2 Å². The van der Waals surface area contributed by atoms with Crippen molar-refractivity contribution in [1.29, 1.82) is 0 Å². The molecule has 0 unspecified atom stereocenters. The SMILES string of the molecule is NCCCC[C@H](NC(=O)[C@H](Cc1c[nH]c2ccccc12)NC(=O)[C@H](CCCCN)NC(=O)[C@H](CCCCN)NC(=O)OCC1c2ccccc2-c2ccccc21)C(=O)O. The molecule has 4 atom stereocenters. The molecule has 5 rings (SSSR count). The lowest BCUT2D eigenvalue weighted by molar-refractivity contribution is -0.142. The largest absolute Gasteiger partial charge is 0.480 e. The number of amides is 4. The zero-order valence-electron chi connectivity index (χ0n) is 33.4. The molecule has 1 heterocycles. The zero-order valence-corrected chi connectivity index (χ0v) is 33.4. The molecule has 0 aliphatic heterocycles. The van der Waals surface area contributed by atoms with Crippen LogP contribution in [0.15, 0.2) is 79.0 Å². The summed E-state index contributed by atoms with van der Waals surface area (Å²) in [5.41, 5.74) is 23.0. The van der Waals surface area contributed by atoms with Crippen LogP contribution in [0.2, 0.25) is 0 Å². The number of ether oxygens (including phenoxy) is 1. The van der Waals surface area contributed by atoms with Crippen molar-refractivity contribution < 1.29 is 33.8 Å². The van der Waals surface area contributed by atoms with Gasteiger partial charge in [-0.25, -0.2) is 9.59 Å². The summed E-state index contributed by atoms with van der Waals surface area (Å²) in [5, 5.41) is 21.7. The Bertz CT molecular complexity index is 1990. The van der Waals surface area contributed by atoms with Gasteiger partial charge in [0.1, 0.15) is 30.8 Å². The van der Waals surface area contributed by atoms with Crippen molar-refractivity contribution in [3.8, 4) is 11.1 Å². The van der Waals surface area contributed by atoms with E-state index in [1.165, 1.54) is 0 Å². The molecule has 15 nitrogen and oxygen atoms in total. The number of carboxylic acids is 1. The van der Waals surface area contributed by atoms with Crippen LogP contribution in [0.4, 0.5) is 4.79 Å². The Hall–Kier alpha value is -5.77. The molecule has 4 amide bonds. The van der Waals surface area contributed by atoms with E-state index in [4.69, 9.17) is 21.9 Å². The molecule has 59 heavy (non-hydrogen) atoms. The fourth-order valence-corrected chi connectivity index (χ4v) is 7.60. The molecule has 15 heteroatoms. The topological polar surface area (TPSA) is 257 Å². The molecule has 0 saturated heterocycles. The average molecular weight is 811 g/mol. The number of carboxylic acid groups (broad SMARTS) is 1. The first-order valence-corrected chi connectivity index (χ1v) is 20.6. The van der Waals surface area contributed by atoms with Crippen LogP contribution in [-0.4, -0.2) is 90.3 Å². The predicted molar refractivity (Wildman–Crippen MR) is 226 cm³/mol. The lowest BCUT2D eigenvalue weighted by Gasteiger charge is -2.26. The highest BCUT2D eigenvalue weighted by atomic mass is 16.5. The van der Waals surface area contributed by atoms with Gasteiger partial charge in [0.2, 0.25) is 17.7 Å². The van der Waals surface area contributed by atoms with Gasteiger partial charge < -0.3 is 53.3 Å². The monoisotopic (exact) mass is 810 g/mol. The summed E-state index contributed by atoms with van der Waals surface area (Å²) in [5.74, 6) is -3.32. The number of alkyl carbamates (subject to hydrolysis) is 1. The maximum absolute atomic E-state index is 14.2. The number of aromatic nitrogens is 1. The molecule has 0 spiro atoms. The summed E-state index contributed by atoms with van der Waals surface area (Å²) >= 11 is 0. The number of benzene rings is 3. The number of fused-ring (bicyclic) bond motifs is 4. The van der Waals surface area contributed by atoms with E-state index < -0.39 is 54.0 Å². The average Bonchev–Trinajstić information content (AvgIpc) is 3.80. The van der Waals surface area contributed by atoms with Crippen molar-refractivity contribution in [1.82, 2.24) is 26.3 Å². The van der Waals surface area contributed by atoms with Crippen molar-refractivity contribution >= 4 is 40.7 Å². The summed E-state index contributed by atoms with van der Waals surface area (Å²) in [6, 6.07) is 18.9. The number of hydrogen-bond acceptors (Lipinski definition) is 9. The first-order chi connectivity index (χ1) is 28.6. The minimum Gasteiger partial charge on any atom is -0.480 e. The zero-order chi connectivity index (χ0) is 42.1. The van der Waals surface area contributed by atoms with Crippen LogP contribution in [0.3, 0.4) is 0 Å². The van der Waals surface area contributed by atoms with Gasteiger partial charge in [-0.05, 0) is 111 Å². The van der Waals surface area contributed by atoms with Crippen molar-refractivity contribution in [3.63, 3.8) is 0 Å². The van der Waals surface area contributed by atoms with Gasteiger partial charge in [-0.1, -0.05) is 66.7 Å². The Balaban J connectivity index is 1.31. The molecule has 1 aliphatic carbocycles. The third kappa shape index (κ3) is 12.1. The third-order valence-electron chi connectivity index (χ3n) is 10.8. The van der Waals surface area contributed by atoms with Gasteiger partial charge in [0.25, 0.3) is 0 Å². The van der Waals surface area contributed by atoms with E-state index in [2.05, 4.69) is 26.3 Å². The number of rotatable bonds is 24.